The fourth-order valence-corrected chi connectivity index (χ4v) is 1.66. The number of carbonyl (C=O) groups excluding carboxylic acids is 1. The molecule has 0 bridgehead atoms. The van der Waals surface area contributed by atoms with Gasteiger partial charge < -0.3 is 15.8 Å². The lowest BCUT2D eigenvalue weighted by molar-refractivity contribution is 0.102. The smallest absolute Gasteiger partial charge is 0.255 e. The lowest BCUT2D eigenvalue weighted by Crippen LogP contribution is -2.15. The molecule has 2 rings (SSSR count). The van der Waals surface area contributed by atoms with Crippen LogP contribution in [0.4, 0.5) is 10.1 Å². The number of ether oxygens (including phenoxy) is 1. The molecule has 4 nitrogen and oxygen atoms in total. The number of hydrogen-bond donors (Lipinski definition) is 2. The number of benzene rings is 2. The summed E-state index contributed by atoms with van der Waals surface area (Å²) in [5.41, 5.74) is 6.31. The van der Waals surface area contributed by atoms with E-state index in [2.05, 4.69) is 5.32 Å². The molecule has 0 heterocycles. The van der Waals surface area contributed by atoms with E-state index < -0.39 is 0 Å². The van der Waals surface area contributed by atoms with E-state index in [0.717, 1.165) is 0 Å². The summed E-state index contributed by atoms with van der Waals surface area (Å²) < 4.78 is 18.3. The number of halogens is 1. The summed E-state index contributed by atoms with van der Waals surface area (Å²) in [6.45, 7) is 0.754. The van der Waals surface area contributed by atoms with Gasteiger partial charge in [-0.3, -0.25) is 4.79 Å². The molecule has 0 aromatic heterocycles. The zero-order valence-electron chi connectivity index (χ0n) is 10.8. The summed E-state index contributed by atoms with van der Waals surface area (Å²) in [5, 5.41) is 2.73. The monoisotopic (exact) mass is 274 g/mol. The van der Waals surface area contributed by atoms with Crippen molar-refractivity contribution in [2.24, 2.45) is 5.73 Å². The third-order valence-electron chi connectivity index (χ3n) is 2.62. The Kier molecular flexibility index (Phi) is 4.68. The Morgan fingerprint density at radius 3 is 2.55 bits per heavy atom. The van der Waals surface area contributed by atoms with Gasteiger partial charge in [0.1, 0.15) is 18.2 Å². The van der Waals surface area contributed by atoms with Gasteiger partial charge in [0.2, 0.25) is 0 Å². The maximum Gasteiger partial charge on any atom is 0.255 e. The van der Waals surface area contributed by atoms with Gasteiger partial charge in [-0.05, 0) is 36.4 Å². The summed E-state index contributed by atoms with van der Waals surface area (Å²) in [6.07, 6.45) is 0. The molecule has 2 aromatic rings. The molecule has 0 fully saturated rings. The van der Waals surface area contributed by atoms with Crippen molar-refractivity contribution in [2.75, 3.05) is 18.5 Å². The molecule has 104 valence electrons. The molecule has 0 saturated heterocycles. The Bertz CT molecular complexity index is 585. The van der Waals surface area contributed by atoms with Crippen molar-refractivity contribution in [3.05, 3.63) is 59.9 Å². The van der Waals surface area contributed by atoms with Crippen molar-refractivity contribution < 1.29 is 13.9 Å². The summed E-state index contributed by atoms with van der Waals surface area (Å²) in [7, 11) is 0. The van der Waals surface area contributed by atoms with E-state index in [1.807, 2.05) is 0 Å². The Morgan fingerprint density at radius 2 is 1.85 bits per heavy atom. The molecule has 0 aliphatic rings. The van der Waals surface area contributed by atoms with Crippen LogP contribution in [0.5, 0.6) is 5.75 Å². The highest BCUT2D eigenvalue weighted by Gasteiger charge is 2.09. The largest absolute Gasteiger partial charge is 0.490 e. The normalized spacial score (nSPS) is 10.1. The highest BCUT2D eigenvalue weighted by atomic mass is 19.1. The van der Waals surface area contributed by atoms with Crippen LogP contribution in [0.15, 0.2) is 48.5 Å². The second-order valence-electron chi connectivity index (χ2n) is 4.09. The number of carbonyl (C=O) groups is 1. The van der Waals surface area contributed by atoms with Crippen molar-refractivity contribution in [2.45, 2.75) is 0 Å². The number of anilines is 1. The molecule has 0 saturated carbocycles. The molecule has 0 spiro atoms. The summed E-state index contributed by atoms with van der Waals surface area (Å²) >= 11 is 0. The summed E-state index contributed by atoms with van der Waals surface area (Å²) in [4.78, 5) is 12.0. The minimum absolute atomic E-state index is 0.325. The van der Waals surface area contributed by atoms with Gasteiger partial charge >= 0.3 is 0 Å². The van der Waals surface area contributed by atoms with Crippen molar-refractivity contribution >= 4 is 11.6 Å². The topological polar surface area (TPSA) is 64.3 Å². The molecular weight excluding hydrogens is 259 g/mol. The van der Waals surface area contributed by atoms with Crippen LogP contribution >= 0.6 is 0 Å². The van der Waals surface area contributed by atoms with Gasteiger partial charge in [0.05, 0.1) is 5.69 Å². The third-order valence-corrected chi connectivity index (χ3v) is 2.62. The van der Waals surface area contributed by atoms with Crippen LogP contribution in [0.1, 0.15) is 10.4 Å². The minimum Gasteiger partial charge on any atom is -0.490 e. The number of para-hydroxylation sites is 2. The molecular formula is C15H15FN2O2. The molecule has 2 aromatic carbocycles. The fourth-order valence-electron chi connectivity index (χ4n) is 1.66. The number of amides is 1. The molecule has 5 heteroatoms. The third kappa shape index (κ3) is 3.55. The van der Waals surface area contributed by atoms with E-state index in [0.29, 0.717) is 30.2 Å². The lowest BCUT2D eigenvalue weighted by Gasteiger charge is -2.11. The summed E-state index contributed by atoms with van der Waals surface area (Å²) in [5.74, 6) is -0.157. The first-order valence-electron chi connectivity index (χ1n) is 6.19. The Balaban J connectivity index is 2.13. The quantitative estimate of drug-likeness (QED) is 0.880. The molecule has 0 aliphatic heterocycles. The van der Waals surface area contributed by atoms with E-state index in [1.165, 1.54) is 24.3 Å². The number of hydrogen-bond acceptors (Lipinski definition) is 3. The summed E-state index contributed by atoms with van der Waals surface area (Å²) in [6, 6.07) is 12.4. The Labute approximate surface area is 116 Å². The molecule has 0 radical (unpaired) electrons. The van der Waals surface area contributed by atoms with Gasteiger partial charge in [0, 0.05) is 12.1 Å². The predicted molar refractivity (Wildman–Crippen MR) is 75.3 cm³/mol. The minimum atomic E-state index is -0.381. The fraction of sp³-hybridized carbons (Fsp3) is 0.133. The van der Waals surface area contributed by atoms with Crippen molar-refractivity contribution in [3.8, 4) is 5.75 Å². The molecule has 20 heavy (non-hydrogen) atoms. The van der Waals surface area contributed by atoms with Crippen LogP contribution in [0.25, 0.3) is 0 Å². The molecule has 3 N–H and O–H groups in total. The average Bonchev–Trinajstić information content (AvgIpc) is 2.47. The maximum absolute atomic E-state index is 12.8. The zero-order chi connectivity index (χ0) is 14.4. The van der Waals surface area contributed by atoms with Crippen LogP contribution in [0.3, 0.4) is 0 Å². The van der Waals surface area contributed by atoms with E-state index in [9.17, 15) is 9.18 Å². The Hall–Kier alpha value is -2.40. The van der Waals surface area contributed by atoms with E-state index in [1.54, 1.807) is 24.3 Å². The number of nitrogens with two attached hydrogens (primary N) is 1. The second-order valence-corrected chi connectivity index (χ2v) is 4.09. The number of rotatable bonds is 5. The van der Waals surface area contributed by atoms with E-state index in [-0.39, 0.29) is 11.7 Å². The van der Waals surface area contributed by atoms with Crippen LogP contribution in [-0.4, -0.2) is 19.1 Å². The SMILES string of the molecule is NCCOc1ccccc1NC(=O)c1ccc(F)cc1. The molecule has 0 atom stereocenters. The maximum atomic E-state index is 12.8. The van der Waals surface area contributed by atoms with E-state index >= 15 is 0 Å². The molecule has 0 unspecified atom stereocenters. The van der Waals surface area contributed by atoms with Crippen LogP contribution < -0.4 is 15.8 Å². The van der Waals surface area contributed by atoms with Crippen LogP contribution in [0, 0.1) is 5.82 Å². The van der Waals surface area contributed by atoms with Crippen molar-refractivity contribution in [1.82, 2.24) is 0 Å². The van der Waals surface area contributed by atoms with Crippen molar-refractivity contribution in [1.29, 1.82) is 0 Å². The van der Waals surface area contributed by atoms with Crippen molar-refractivity contribution in [3.63, 3.8) is 0 Å². The lowest BCUT2D eigenvalue weighted by atomic mass is 10.2. The van der Waals surface area contributed by atoms with Gasteiger partial charge in [0.15, 0.2) is 0 Å². The first-order chi connectivity index (χ1) is 9.70. The van der Waals surface area contributed by atoms with Gasteiger partial charge in [-0.1, -0.05) is 12.1 Å². The highest BCUT2D eigenvalue weighted by molar-refractivity contribution is 6.04. The zero-order valence-corrected chi connectivity index (χ0v) is 10.8. The molecule has 0 aliphatic carbocycles. The molecule has 1 amide bonds. The van der Waals surface area contributed by atoms with Crippen LogP contribution in [-0.2, 0) is 0 Å². The predicted octanol–water partition coefficient (Wildman–Crippen LogP) is 2.42. The Morgan fingerprint density at radius 1 is 1.15 bits per heavy atom. The van der Waals surface area contributed by atoms with Gasteiger partial charge in [0.25, 0.3) is 5.91 Å². The van der Waals surface area contributed by atoms with Gasteiger partial charge in [-0.15, -0.1) is 0 Å². The first-order valence-corrected chi connectivity index (χ1v) is 6.19. The average molecular weight is 274 g/mol. The first kappa shape index (κ1) is 14.0. The number of nitrogens with one attached hydrogen (secondary N) is 1. The van der Waals surface area contributed by atoms with Gasteiger partial charge in [-0.2, -0.15) is 0 Å². The second kappa shape index (κ2) is 6.68. The van der Waals surface area contributed by atoms with E-state index in [4.69, 9.17) is 10.5 Å². The highest BCUT2D eigenvalue weighted by Crippen LogP contribution is 2.24. The van der Waals surface area contributed by atoms with Gasteiger partial charge in [-0.25, -0.2) is 4.39 Å². The van der Waals surface area contributed by atoms with Crippen LogP contribution in [0.2, 0.25) is 0 Å². The standard InChI is InChI=1S/C15H15FN2O2/c16-12-7-5-11(6-8-12)15(19)18-13-3-1-2-4-14(13)20-10-9-17/h1-8H,9-10,17H2,(H,18,19).